The first-order valence-electron chi connectivity index (χ1n) is 4.71. The molecule has 1 aromatic carbocycles. The zero-order valence-corrected chi connectivity index (χ0v) is 11.4. The Labute approximate surface area is 117 Å². The third-order valence-corrected chi connectivity index (χ3v) is 3.11. The molecule has 0 saturated heterocycles. The molecule has 4 nitrogen and oxygen atoms in total. The summed E-state index contributed by atoms with van der Waals surface area (Å²) in [6.45, 7) is 0. The van der Waals surface area contributed by atoms with Crippen LogP contribution in [0.5, 0.6) is 0 Å². The molecule has 6 heteroatoms. The van der Waals surface area contributed by atoms with E-state index in [-0.39, 0.29) is 11.2 Å². The van der Waals surface area contributed by atoms with Gasteiger partial charge in [-0.2, -0.15) is 0 Å². The van der Waals surface area contributed by atoms with Crippen LogP contribution in [0.2, 0.25) is 5.28 Å². The van der Waals surface area contributed by atoms with Crippen LogP contribution in [0, 0.1) is 3.57 Å². The molecule has 0 saturated carbocycles. The number of nitrogens with one attached hydrogen (secondary N) is 1. The fourth-order valence-corrected chi connectivity index (χ4v) is 2.01. The van der Waals surface area contributed by atoms with Gasteiger partial charge in [-0.3, -0.25) is 4.79 Å². The van der Waals surface area contributed by atoms with E-state index in [9.17, 15) is 4.79 Å². The lowest BCUT2D eigenvalue weighted by Gasteiger charge is -2.05. The van der Waals surface area contributed by atoms with Gasteiger partial charge in [-0.05, 0) is 52.4 Å². The molecule has 0 aliphatic rings. The minimum absolute atomic E-state index is 0.102. The maximum absolute atomic E-state index is 11.9. The predicted octanol–water partition coefficient (Wildman–Crippen LogP) is 2.99. The SMILES string of the molecule is O=C(Nc1ccnc(Cl)n1)c1ccccc1I. The molecule has 17 heavy (non-hydrogen) atoms. The van der Waals surface area contributed by atoms with Crippen LogP contribution in [0.1, 0.15) is 10.4 Å². The first kappa shape index (κ1) is 12.3. The third-order valence-electron chi connectivity index (χ3n) is 1.99. The zero-order valence-electron chi connectivity index (χ0n) is 8.52. The Hall–Kier alpha value is -1.21. The Morgan fingerprint density at radius 2 is 2.06 bits per heavy atom. The second-order valence-corrected chi connectivity index (χ2v) is 4.65. The van der Waals surface area contributed by atoms with Crippen LogP contribution in [0.4, 0.5) is 5.82 Å². The molecule has 0 unspecified atom stereocenters. The number of anilines is 1. The molecule has 0 bridgehead atoms. The normalized spacial score (nSPS) is 10.0. The molecule has 1 amide bonds. The van der Waals surface area contributed by atoms with E-state index in [1.54, 1.807) is 12.1 Å². The molecule has 0 aliphatic carbocycles. The van der Waals surface area contributed by atoms with E-state index in [4.69, 9.17) is 11.6 Å². The van der Waals surface area contributed by atoms with E-state index >= 15 is 0 Å². The third kappa shape index (κ3) is 3.13. The highest BCUT2D eigenvalue weighted by Gasteiger charge is 2.09. The fourth-order valence-electron chi connectivity index (χ4n) is 1.23. The molecule has 0 spiro atoms. The lowest BCUT2D eigenvalue weighted by Crippen LogP contribution is -2.14. The molecule has 1 heterocycles. The van der Waals surface area contributed by atoms with Gasteiger partial charge in [-0.25, -0.2) is 9.97 Å². The van der Waals surface area contributed by atoms with Gasteiger partial charge in [0, 0.05) is 9.77 Å². The minimum Gasteiger partial charge on any atom is -0.306 e. The summed E-state index contributed by atoms with van der Waals surface area (Å²) in [5.41, 5.74) is 0.600. The van der Waals surface area contributed by atoms with Crippen molar-refractivity contribution in [1.29, 1.82) is 0 Å². The second kappa shape index (κ2) is 5.42. The van der Waals surface area contributed by atoms with Crippen LogP contribution in [-0.4, -0.2) is 15.9 Å². The number of halogens is 2. The van der Waals surface area contributed by atoms with Crippen LogP contribution < -0.4 is 5.32 Å². The van der Waals surface area contributed by atoms with Gasteiger partial charge in [0.2, 0.25) is 5.28 Å². The van der Waals surface area contributed by atoms with Gasteiger partial charge >= 0.3 is 0 Å². The van der Waals surface area contributed by atoms with Gasteiger partial charge in [-0.15, -0.1) is 0 Å². The number of nitrogens with zero attached hydrogens (tertiary/aromatic N) is 2. The summed E-state index contributed by atoms with van der Waals surface area (Å²) < 4.78 is 0.878. The largest absolute Gasteiger partial charge is 0.306 e. The molecule has 0 aliphatic heterocycles. The van der Waals surface area contributed by atoms with Crippen LogP contribution in [0.3, 0.4) is 0 Å². The highest BCUT2D eigenvalue weighted by atomic mass is 127. The standard InChI is InChI=1S/C11H7ClIN3O/c12-11-14-6-5-9(16-11)15-10(17)7-3-1-2-4-8(7)13/h1-6H,(H,14,15,16,17). The van der Waals surface area contributed by atoms with Crippen molar-refractivity contribution in [1.82, 2.24) is 9.97 Å². The molecule has 2 aromatic rings. The summed E-state index contributed by atoms with van der Waals surface area (Å²) in [5.74, 6) is 0.166. The summed E-state index contributed by atoms with van der Waals surface area (Å²) in [6, 6.07) is 8.88. The Morgan fingerprint density at radius 3 is 2.76 bits per heavy atom. The number of amides is 1. The van der Waals surface area contributed by atoms with Gasteiger partial charge in [0.1, 0.15) is 5.82 Å². The van der Waals surface area contributed by atoms with E-state index in [1.165, 1.54) is 6.20 Å². The van der Waals surface area contributed by atoms with E-state index in [0.717, 1.165) is 3.57 Å². The maximum atomic E-state index is 11.9. The molecule has 0 fully saturated rings. The maximum Gasteiger partial charge on any atom is 0.257 e. The molecule has 1 aromatic heterocycles. The monoisotopic (exact) mass is 359 g/mol. The Kier molecular flexibility index (Phi) is 3.90. The Morgan fingerprint density at radius 1 is 1.29 bits per heavy atom. The van der Waals surface area contributed by atoms with E-state index in [0.29, 0.717) is 11.4 Å². The lowest BCUT2D eigenvalue weighted by atomic mass is 10.2. The van der Waals surface area contributed by atoms with Gasteiger partial charge in [0.05, 0.1) is 5.56 Å². The lowest BCUT2D eigenvalue weighted by molar-refractivity contribution is 0.102. The molecular weight excluding hydrogens is 352 g/mol. The first-order chi connectivity index (χ1) is 8.16. The van der Waals surface area contributed by atoms with Crippen molar-refractivity contribution in [2.24, 2.45) is 0 Å². The molecule has 86 valence electrons. The van der Waals surface area contributed by atoms with Crippen molar-refractivity contribution in [2.75, 3.05) is 5.32 Å². The van der Waals surface area contributed by atoms with Gasteiger partial charge in [-0.1, -0.05) is 12.1 Å². The number of carbonyl (C=O) groups excluding carboxylic acids is 1. The molecule has 2 rings (SSSR count). The number of rotatable bonds is 2. The van der Waals surface area contributed by atoms with E-state index < -0.39 is 0 Å². The highest BCUT2D eigenvalue weighted by Crippen LogP contribution is 2.14. The van der Waals surface area contributed by atoms with Crippen LogP contribution in [-0.2, 0) is 0 Å². The smallest absolute Gasteiger partial charge is 0.257 e. The summed E-state index contributed by atoms with van der Waals surface area (Å²) in [5, 5.41) is 2.76. The number of hydrogen-bond acceptors (Lipinski definition) is 3. The van der Waals surface area contributed by atoms with Crippen LogP contribution >= 0.6 is 34.2 Å². The van der Waals surface area contributed by atoms with Crippen molar-refractivity contribution in [3.8, 4) is 0 Å². The van der Waals surface area contributed by atoms with Gasteiger partial charge in [0.15, 0.2) is 0 Å². The van der Waals surface area contributed by atoms with E-state index in [1.807, 2.05) is 18.2 Å². The topological polar surface area (TPSA) is 54.9 Å². The average molecular weight is 360 g/mol. The number of carbonyl (C=O) groups is 1. The first-order valence-corrected chi connectivity index (χ1v) is 6.17. The van der Waals surface area contributed by atoms with Crippen molar-refractivity contribution >= 4 is 45.9 Å². The van der Waals surface area contributed by atoms with Crippen molar-refractivity contribution in [2.45, 2.75) is 0 Å². The Balaban J connectivity index is 2.20. The molecule has 0 atom stereocenters. The van der Waals surface area contributed by atoms with Gasteiger partial charge < -0.3 is 5.32 Å². The van der Waals surface area contributed by atoms with Crippen molar-refractivity contribution in [3.05, 3.63) is 50.9 Å². The summed E-state index contributed by atoms with van der Waals surface area (Å²) >= 11 is 7.74. The van der Waals surface area contributed by atoms with Crippen LogP contribution in [0.25, 0.3) is 0 Å². The number of hydrogen-bond donors (Lipinski definition) is 1. The predicted molar refractivity (Wildman–Crippen MR) is 74.2 cm³/mol. The fraction of sp³-hybridized carbons (Fsp3) is 0. The van der Waals surface area contributed by atoms with Crippen molar-refractivity contribution in [3.63, 3.8) is 0 Å². The second-order valence-electron chi connectivity index (χ2n) is 3.14. The average Bonchev–Trinajstić information content (AvgIpc) is 2.29. The summed E-state index contributed by atoms with van der Waals surface area (Å²) in [7, 11) is 0. The van der Waals surface area contributed by atoms with Crippen molar-refractivity contribution < 1.29 is 4.79 Å². The number of aromatic nitrogens is 2. The molecule has 0 radical (unpaired) electrons. The van der Waals surface area contributed by atoms with E-state index in [2.05, 4.69) is 37.9 Å². The highest BCUT2D eigenvalue weighted by molar-refractivity contribution is 14.1. The number of benzene rings is 1. The Bertz CT molecular complexity index is 562. The minimum atomic E-state index is -0.218. The quantitative estimate of drug-likeness (QED) is 0.662. The van der Waals surface area contributed by atoms with Crippen LogP contribution in [0.15, 0.2) is 36.5 Å². The summed E-state index contributed by atoms with van der Waals surface area (Å²) in [6.07, 6.45) is 1.49. The summed E-state index contributed by atoms with van der Waals surface area (Å²) in [4.78, 5) is 19.6. The molecular formula is C11H7ClIN3O. The molecule has 1 N–H and O–H groups in total. The zero-order chi connectivity index (χ0) is 12.3. The van der Waals surface area contributed by atoms with Gasteiger partial charge in [0.25, 0.3) is 5.91 Å².